The van der Waals surface area contributed by atoms with Gasteiger partial charge in [0.05, 0.1) is 0 Å². The van der Waals surface area contributed by atoms with E-state index in [2.05, 4.69) is 18.7 Å². The van der Waals surface area contributed by atoms with Crippen molar-refractivity contribution in [1.29, 1.82) is 0 Å². The van der Waals surface area contributed by atoms with Gasteiger partial charge in [-0.15, -0.1) is 0 Å². The smallest absolute Gasteiger partial charge is 0.253 e. The summed E-state index contributed by atoms with van der Waals surface area (Å²) in [5.41, 5.74) is 1.93. The predicted octanol–water partition coefficient (Wildman–Crippen LogP) is 3.04. The van der Waals surface area contributed by atoms with Gasteiger partial charge in [0.15, 0.2) is 0 Å². The molecule has 0 fully saturated rings. The fourth-order valence-corrected chi connectivity index (χ4v) is 1.37. The fourth-order valence-electron chi connectivity index (χ4n) is 1.37. The number of carbonyl (C=O) groups is 1. The zero-order chi connectivity index (χ0) is 14.8. The van der Waals surface area contributed by atoms with E-state index in [0.717, 1.165) is 18.7 Å². The number of rotatable bonds is 4. The van der Waals surface area contributed by atoms with Crippen molar-refractivity contribution in [1.82, 2.24) is 9.80 Å². The monoisotopic (exact) mass is 264 g/mol. The van der Waals surface area contributed by atoms with Gasteiger partial charge < -0.3 is 9.80 Å². The first-order chi connectivity index (χ1) is 8.92. The van der Waals surface area contributed by atoms with Crippen molar-refractivity contribution in [3.63, 3.8) is 0 Å². The van der Waals surface area contributed by atoms with Gasteiger partial charge in [0, 0.05) is 25.7 Å². The molecule has 0 saturated carbocycles. The molecule has 3 heteroatoms. The van der Waals surface area contributed by atoms with Gasteiger partial charge in [0.1, 0.15) is 0 Å². The van der Waals surface area contributed by atoms with Crippen LogP contribution in [0.1, 0.15) is 36.2 Å². The second-order valence-electron chi connectivity index (χ2n) is 5.10. The SMILES string of the molecule is CCC.Cc1ccc(C(=O)N(C)CCN(C)C)cc1. The van der Waals surface area contributed by atoms with Gasteiger partial charge in [-0.05, 0) is 33.2 Å². The maximum absolute atomic E-state index is 12.0. The van der Waals surface area contributed by atoms with E-state index in [0.29, 0.717) is 0 Å². The summed E-state index contributed by atoms with van der Waals surface area (Å²) in [7, 11) is 5.85. The van der Waals surface area contributed by atoms with Gasteiger partial charge in [-0.25, -0.2) is 0 Å². The van der Waals surface area contributed by atoms with Crippen LogP contribution >= 0.6 is 0 Å². The van der Waals surface area contributed by atoms with Crippen molar-refractivity contribution < 1.29 is 4.79 Å². The highest BCUT2D eigenvalue weighted by Crippen LogP contribution is 2.05. The van der Waals surface area contributed by atoms with Crippen LogP contribution in [0.15, 0.2) is 24.3 Å². The first-order valence-electron chi connectivity index (χ1n) is 6.89. The number of aryl methyl sites for hydroxylation is 1. The number of amides is 1. The van der Waals surface area contributed by atoms with Crippen molar-refractivity contribution in [2.75, 3.05) is 34.2 Å². The summed E-state index contributed by atoms with van der Waals surface area (Å²) in [4.78, 5) is 15.8. The van der Waals surface area contributed by atoms with E-state index in [9.17, 15) is 4.79 Å². The van der Waals surface area contributed by atoms with Gasteiger partial charge in [-0.1, -0.05) is 38.0 Å². The molecule has 0 unspecified atom stereocenters. The van der Waals surface area contributed by atoms with E-state index < -0.39 is 0 Å². The summed E-state index contributed by atoms with van der Waals surface area (Å²) in [6.45, 7) is 7.90. The molecule has 108 valence electrons. The molecule has 0 aliphatic carbocycles. The average molecular weight is 264 g/mol. The Morgan fingerprint density at radius 3 is 1.89 bits per heavy atom. The van der Waals surface area contributed by atoms with Crippen LogP contribution in [0.4, 0.5) is 0 Å². The van der Waals surface area contributed by atoms with Crippen LogP contribution < -0.4 is 0 Å². The van der Waals surface area contributed by atoms with Crippen LogP contribution in [-0.4, -0.2) is 49.9 Å². The van der Waals surface area contributed by atoms with Crippen LogP contribution in [0.25, 0.3) is 0 Å². The Bertz CT molecular complexity index is 358. The Morgan fingerprint density at radius 2 is 1.47 bits per heavy atom. The first-order valence-corrected chi connectivity index (χ1v) is 6.89. The van der Waals surface area contributed by atoms with Crippen molar-refractivity contribution in [2.24, 2.45) is 0 Å². The lowest BCUT2D eigenvalue weighted by Gasteiger charge is -2.19. The molecule has 1 rings (SSSR count). The molecular weight excluding hydrogens is 236 g/mol. The summed E-state index contributed by atoms with van der Waals surface area (Å²) in [5.74, 6) is 0.0850. The third-order valence-corrected chi connectivity index (χ3v) is 2.53. The Hall–Kier alpha value is -1.35. The van der Waals surface area contributed by atoms with Gasteiger partial charge in [-0.3, -0.25) is 4.79 Å². The summed E-state index contributed by atoms with van der Waals surface area (Å²) in [6, 6.07) is 7.69. The van der Waals surface area contributed by atoms with E-state index in [1.54, 1.807) is 4.90 Å². The molecule has 1 aromatic carbocycles. The molecule has 0 bridgehead atoms. The molecule has 19 heavy (non-hydrogen) atoms. The largest absolute Gasteiger partial charge is 0.340 e. The molecule has 3 nitrogen and oxygen atoms in total. The zero-order valence-electron chi connectivity index (χ0n) is 13.2. The van der Waals surface area contributed by atoms with Crippen LogP contribution in [0.2, 0.25) is 0 Å². The van der Waals surface area contributed by atoms with Crippen LogP contribution in [0.3, 0.4) is 0 Å². The molecule has 1 amide bonds. The van der Waals surface area contributed by atoms with Crippen molar-refractivity contribution in [3.05, 3.63) is 35.4 Å². The van der Waals surface area contributed by atoms with Gasteiger partial charge in [-0.2, -0.15) is 0 Å². The van der Waals surface area contributed by atoms with Crippen LogP contribution in [0, 0.1) is 6.92 Å². The Morgan fingerprint density at radius 1 is 1.00 bits per heavy atom. The molecule has 0 saturated heterocycles. The average Bonchev–Trinajstić information content (AvgIpc) is 2.37. The quantitative estimate of drug-likeness (QED) is 0.834. The standard InChI is InChI=1S/C13H20N2O.C3H8/c1-11-5-7-12(8-6-11)13(16)15(4)10-9-14(2)3;1-3-2/h5-8H,9-10H2,1-4H3;3H2,1-2H3. The maximum Gasteiger partial charge on any atom is 0.253 e. The molecule has 0 aliphatic heterocycles. The third kappa shape index (κ3) is 7.62. The minimum absolute atomic E-state index is 0.0850. The van der Waals surface area contributed by atoms with E-state index in [1.807, 2.05) is 52.3 Å². The number of hydrogen-bond donors (Lipinski definition) is 0. The molecule has 1 aromatic rings. The molecule has 0 radical (unpaired) electrons. The minimum Gasteiger partial charge on any atom is -0.340 e. The summed E-state index contributed by atoms with van der Waals surface area (Å²) in [5, 5.41) is 0. The summed E-state index contributed by atoms with van der Waals surface area (Å²) < 4.78 is 0. The third-order valence-electron chi connectivity index (χ3n) is 2.53. The topological polar surface area (TPSA) is 23.6 Å². The predicted molar refractivity (Wildman–Crippen MR) is 82.7 cm³/mol. The fraction of sp³-hybridized carbons (Fsp3) is 0.562. The number of nitrogens with zero attached hydrogens (tertiary/aromatic N) is 2. The molecule has 0 aliphatic rings. The Labute approximate surface area is 118 Å². The number of likely N-dealkylation sites (N-methyl/N-ethyl adjacent to an activating group) is 2. The normalized spacial score (nSPS) is 9.84. The van der Waals surface area contributed by atoms with Gasteiger partial charge in [0.2, 0.25) is 0 Å². The number of carbonyl (C=O) groups excluding carboxylic acids is 1. The molecule has 0 N–H and O–H groups in total. The molecule has 0 atom stereocenters. The zero-order valence-corrected chi connectivity index (χ0v) is 13.2. The highest BCUT2D eigenvalue weighted by Gasteiger charge is 2.10. The maximum atomic E-state index is 12.0. The molecule has 0 aromatic heterocycles. The Balaban J connectivity index is 0.000000982. The van der Waals surface area contributed by atoms with Crippen LogP contribution in [-0.2, 0) is 0 Å². The second-order valence-corrected chi connectivity index (χ2v) is 5.10. The highest BCUT2D eigenvalue weighted by atomic mass is 16.2. The van der Waals surface area contributed by atoms with E-state index in [-0.39, 0.29) is 5.91 Å². The number of benzene rings is 1. The molecule has 0 heterocycles. The first kappa shape index (κ1) is 17.6. The number of hydrogen-bond acceptors (Lipinski definition) is 2. The highest BCUT2D eigenvalue weighted by molar-refractivity contribution is 5.94. The Kier molecular flexibility index (Phi) is 8.88. The summed E-state index contributed by atoms with van der Waals surface area (Å²) in [6.07, 6.45) is 1.25. The van der Waals surface area contributed by atoms with Crippen molar-refractivity contribution >= 4 is 5.91 Å². The second kappa shape index (κ2) is 9.56. The van der Waals surface area contributed by atoms with E-state index in [4.69, 9.17) is 0 Å². The lowest BCUT2D eigenvalue weighted by molar-refractivity contribution is 0.0786. The van der Waals surface area contributed by atoms with Gasteiger partial charge >= 0.3 is 0 Å². The van der Waals surface area contributed by atoms with Crippen molar-refractivity contribution in [2.45, 2.75) is 27.2 Å². The van der Waals surface area contributed by atoms with Crippen molar-refractivity contribution in [3.8, 4) is 0 Å². The summed E-state index contributed by atoms with van der Waals surface area (Å²) >= 11 is 0. The molecule has 0 spiro atoms. The lowest BCUT2D eigenvalue weighted by atomic mass is 10.1. The van der Waals surface area contributed by atoms with E-state index in [1.165, 1.54) is 12.0 Å². The lowest BCUT2D eigenvalue weighted by Crippen LogP contribution is -2.33. The molecular formula is C16H28N2O. The van der Waals surface area contributed by atoms with E-state index >= 15 is 0 Å². The van der Waals surface area contributed by atoms with Gasteiger partial charge in [0.25, 0.3) is 5.91 Å². The van der Waals surface area contributed by atoms with Crippen LogP contribution in [0.5, 0.6) is 0 Å². The minimum atomic E-state index is 0.0850.